The minimum Gasteiger partial charge on any atom is -0.481 e. The molecule has 0 spiro atoms. The molecule has 5 aliphatic carbocycles. The maximum Gasteiger partial charge on any atom is 0.312 e. The first-order valence-electron chi connectivity index (χ1n) is 14.1. The molecule has 0 aromatic rings. The number of allylic oxidation sites excluding steroid dienone is 1. The molecule has 0 saturated heterocycles. The Hall–Kier alpha value is -1.40. The summed E-state index contributed by atoms with van der Waals surface area (Å²) in [6.07, 6.45) is 4.71. The molecule has 0 aliphatic heterocycles. The van der Waals surface area contributed by atoms with Crippen LogP contribution in [0.4, 0.5) is 0 Å². The molecule has 6 nitrogen and oxygen atoms in total. The Morgan fingerprint density at radius 1 is 0.833 bits per heavy atom. The lowest BCUT2D eigenvalue weighted by Crippen LogP contribution is -2.71. The topological polar surface area (TPSA) is 115 Å². The summed E-state index contributed by atoms with van der Waals surface area (Å²) in [5.74, 6) is -1.71. The number of aliphatic hydroxyl groups excluding tert-OH is 2. The Balaban J connectivity index is 1.61. The van der Waals surface area contributed by atoms with Gasteiger partial charge >= 0.3 is 11.9 Å². The van der Waals surface area contributed by atoms with Gasteiger partial charge in [-0.05, 0) is 117 Å². The molecule has 0 aromatic heterocycles. The van der Waals surface area contributed by atoms with Crippen LogP contribution in [0, 0.1) is 56.7 Å². The van der Waals surface area contributed by atoms with E-state index >= 15 is 0 Å². The zero-order valence-corrected chi connectivity index (χ0v) is 22.7. The van der Waals surface area contributed by atoms with Gasteiger partial charge in [-0.25, -0.2) is 0 Å². The Morgan fingerprint density at radius 2 is 1.50 bits per heavy atom. The van der Waals surface area contributed by atoms with Crippen LogP contribution in [0.5, 0.6) is 0 Å². The molecule has 36 heavy (non-hydrogen) atoms. The van der Waals surface area contributed by atoms with E-state index in [-0.39, 0.29) is 40.4 Å². The summed E-state index contributed by atoms with van der Waals surface area (Å²) >= 11 is 0. The molecule has 5 aliphatic rings. The van der Waals surface area contributed by atoms with Crippen LogP contribution in [0.15, 0.2) is 12.2 Å². The van der Waals surface area contributed by atoms with Gasteiger partial charge in [-0.2, -0.15) is 0 Å². The van der Waals surface area contributed by atoms with Crippen LogP contribution in [-0.2, 0) is 9.59 Å². The maximum atomic E-state index is 12.8. The van der Waals surface area contributed by atoms with Crippen LogP contribution in [-0.4, -0.2) is 44.6 Å². The smallest absolute Gasteiger partial charge is 0.312 e. The normalized spacial score (nSPS) is 56.0. The fourth-order valence-corrected chi connectivity index (χ4v) is 11.6. The van der Waals surface area contributed by atoms with Crippen LogP contribution in [0.1, 0.15) is 92.4 Å². The van der Waals surface area contributed by atoms with Crippen LogP contribution in [0.3, 0.4) is 0 Å². The highest BCUT2D eigenvalue weighted by Crippen LogP contribution is 2.77. The first-order chi connectivity index (χ1) is 16.6. The first kappa shape index (κ1) is 26.2. The predicted octanol–water partition coefficient (Wildman–Crippen LogP) is 5.13. The molecule has 6 heteroatoms. The van der Waals surface area contributed by atoms with Crippen molar-refractivity contribution in [1.82, 2.24) is 0 Å². The molecule has 5 rings (SSSR count). The number of hydrogen-bond donors (Lipinski definition) is 4. The lowest BCUT2D eigenvalue weighted by Gasteiger charge is -2.73. The molecule has 5 saturated carbocycles. The van der Waals surface area contributed by atoms with Crippen molar-refractivity contribution in [2.75, 3.05) is 0 Å². The number of carboxylic acid groups (broad SMARTS) is 2. The summed E-state index contributed by atoms with van der Waals surface area (Å²) in [6.45, 7) is 14.9. The van der Waals surface area contributed by atoms with Gasteiger partial charge in [-0.3, -0.25) is 9.59 Å². The Bertz CT molecular complexity index is 992. The molecular weight excluding hydrogens is 456 g/mol. The first-order valence-corrected chi connectivity index (χ1v) is 14.1. The molecule has 0 radical (unpaired) electrons. The van der Waals surface area contributed by atoms with Gasteiger partial charge in [0, 0.05) is 0 Å². The number of hydrogen-bond acceptors (Lipinski definition) is 4. The fourth-order valence-electron chi connectivity index (χ4n) is 11.6. The third-order valence-corrected chi connectivity index (χ3v) is 13.5. The Kier molecular flexibility index (Phi) is 5.69. The van der Waals surface area contributed by atoms with Crippen LogP contribution >= 0.6 is 0 Å². The molecule has 0 heterocycles. The lowest BCUT2D eigenvalue weighted by atomic mass is 9.31. The van der Waals surface area contributed by atoms with E-state index in [0.717, 1.165) is 24.8 Å². The monoisotopic (exact) mass is 502 g/mol. The van der Waals surface area contributed by atoms with Crippen molar-refractivity contribution >= 4 is 11.9 Å². The van der Waals surface area contributed by atoms with E-state index in [1.165, 1.54) is 0 Å². The van der Waals surface area contributed by atoms with Gasteiger partial charge in [0.1, 0.15) is 0 Å². The lowest BCUT2D eigenvalue weighted by molar-refractivity contribution is -0.277. The van der Waals surface area contributed by atoms with Crippen molar-refractivity contribution in [3.05, 3.63) is 12.2 Å². The van der Waals surface area contributed by atoms with Gasteiger partial charge in [0.05, 0.1) is 23.0 Å². The van der Waals surface area contributed by atoms with E-state index < -0.39 is 40.4 Å². The highest BCUT2D eigenvalue weighted by Gasteiger charge is 2.74. The Morgan fingerprint density at radius 3 is 2.08 bits per heavy atom. The number of fused-ring (bicyclic) bond motifs is 7. The SMILES string of the molecule is C=C(C)C1CCC2(C(=O)O)CCC3(C)C(CC(O)C4C5(C)CCC(O)C(C)(C(=O)O)C5CCC43C)C12. The van der Waals surface area contributed by atoms with Crippen LogP contribution in [0.25, 0.3) is 0 Å². The zero-order valence-electron chi connectivity index (χ0n) is 22.7. The van der Waals surface area contributed by atoms with Crippen LogP contribution < -0.4 is 0 Å². The highest BCUT2D eigenvalue weighted by atomic mass is 16.4. The van der Waals surface area contributed by atoms with Gasteiger partial charge in [0.25, 0.3) is 0 Å². The van der Waals surface area contributed by atoms with E-state index in [1.807, 2.05) is 6.92 Å². The fraction of sp³-hybridized carbons (Fsp3) is 0.867. The second kappa shape index (κ2) is 7.81. The zero-order chi connectivity index (χ0) is 26.6. The predicted molar refractivity (Wildman–Crippen MR) is 136 cm³/mol. The van der Waals surface area contributed by atoms with E-state index in [2.05, 4.69) is 27.4 Å². The number of aliphatic carboxylic acids is 2. The molecular formula is C30H46O6. The van der Waals surface area contributed by atoms with Gasteiger partial charge in [0.2, 0.25) is 0 Å². The molecule has 0 amide bonds. The number of rotatable bonds is 3. The van der Waals surface area contributed by atoms with Gasteiger partial charge in [-0.15, -0.1) is 0 Å². The van der Waals surface area contributed by atoms with E-state index in [1.54, 1.807) is 6.92 Å². The second-order valence-corrected chi connectivity index (χ2v) is 14.4. The third-order valence-electron chi connectivity index (χ3n) is 13.5. The van der Waals surface area contributed by atoms with Crippen LogP contribution in [0.2, 0.25) is 0 Å². The number of carboxylic acids is 2. The molecule has 4 N–H and O–H groups in total. The second-order valence-electron chi connectivity index (χ2n) is 14.4. The minimum atomic E-state index is -1.23. The third kappa shape index (κ3) is 2.86. The summed E-state index contributed by atoms with van der Waals surface area (Å²) in [5, 5.41) is 43.6. The average Bonchev–Trinajstić information content (AvgIpc) is 3.19. The van der Waals surface area contributed by atoms with Gasteiger partial charge < -0.3 is 20.4 Å². The highest BCUT2D eigenvalue weighted by molar-refractivity contribution is 5.76. The van der Waals surface area contributed by atoms with Crippen molar-refractivity contribution in [1.29, 1.82) is 0 Å². The summed E-state index contributed by atoms with van der Waals surface area (Å²) in [5.41, 5.74) is -1.71. The molecule has 0 aromatic carbocycles. The number of carbonyl (C=O) groups is 2. The molecule has 12 atom stereocenters. The van der Waals surface area contributed by atoms with Crippen molar-refractivity contribution < 1.29 is 30.0 Å². The standard InChI is InChI=1S/C30H46O6/c1-16(2)17-7-12-30(25(35)36)14-13-27(4)18(22(17)30)15-19(31)23-26(3)10-9-21(32)29(6,24(33)34)20(26)8-11-28(23,27)5/h17-23,31-32H,1,7-15H2,2-6H3,(H,33,34)(H,35,36). The minimum absolute atomic E-state index is 0.0262. The average molecular weight is 503 g/mol. The quantitative estimate of drug-likeness (QED) is 0.398. The largest absolute Gasteiger partial charge is 0.481 e. The van der Waals surface area contributed by atoms with E-state index in [4.69, 9.17) is 0 Å². The van der Waals surface area contributed by atoms with Crippen molar-refractivity contribution in [3.63, 3.8) is 0 Å². The molecule has 12 unspecified atom stereocenters. The number of aliphatic hydroxyl groups is 2. The maximum absolute atomic E-state index is 12.8. The molecule has 202 valence electrons. The summed E-state index contributed by atoms with van der Waals surface area (Å²) in [7, 11) is 0. The van der Waals surface area contributed by atoms with E-state index in [9.17, 15) is 30.0 Å². The van der Waals surface area contributed by atoms with E-state index in [0.29, 0.717) is 38.5 Å². The van der Waals surface area contributed by atoms with Crippen molar-refractivity contribution in [2.45, 2.75) is 105 Å². The summed E-state index contributed by atoms with van der Waals surface area (Å²) in [6, 6.07) is 0. The van der Waals surface area contributed by atoms with Crippen molar-refractivity contribution in [3.8, 4) is 0 Å². The van der Waals surface area contributed by atoms with Crippen molar-refractivity contribution in [2.24, 2.45) is 56.7 Å². The summed E-state index contributed by atoms with van der Waals surface area (Å²) in [4.78, 5) is 25.3. The summed E-state index contributed by atoms with van der Waals surface area (Å²) < 4.78 is 0. The molecule has 0 bridgehead atoms. The Labute approximate surface area is 215 Å². The van der Waals surface area contributed by atoms with Gasteiger partial charge in [0.15, 0.2) is 0 Å². The molecule has 5 fully saturated rings. The van der Waals surface area contributed by atoms with Gasteiger partial charge in [-0.1, -0.05) is 32.9 Å².